The summed E-state index contributed by atoms with van der Waals surface area (Å²) >= 11 is 10.6. The second-order valence-corrected chi connectivity index (χ2v) is 4.74. The van der Waals surface area contributed by atoms with Crippen LogP contribution in [0.2, 0.25) is 0 Å². The second kappa shape index (κ2) is 7.22. The molecule has 0 aromatic carbocycles. The number of piperazine rings is 1. The van der Waals surface area contributed by atoms with Gasteiger partial charge in [0.2, 0.25) is 10.5 Å². The normalized spacial score (nSPS) is 18.6. The van der Waals surface area contributed by atoms with Gasteiger partial charge in [0.25, 0.3) is 0 Å². The summed E-state index contributed by atoms with van der Waals surface area (Å²) in [5.41, 5.74) is 0. The summed E-state index contributed by atoms with van der Waals surface area (Å²) < 4.78 is 0. The minimum absolute atomic E-state index is 0.282. The molecular formula is C10H16Cl2N2O2. The first-order valence-electron chi connectivity index (χ1n) is 5.39. The van der Waals surface area contributed by atoms with Gasteiger partial charge in [0.15, 0.2) is 0 Å². The van der Waals surface area contributed by atoms with Crippen molar-refractivity contribution >= 4 is 33.7 Å². The van der Waals surface area contributed by atoms with Crippen LogP contribution in [0.15, 0.2) is 0 Å². The summed E-state index contributed by atoms with van der Waals surface area (Å²) in [6.45, 7) is 5.12. The molecule has 1 heterocycles. The molecule has 0 amide bonds. The van der Waals surface area contributed by atoms with Crippen molar-refractivity contribution in [2.45, 2.75) is 12.8 Å². The van der Waals surface area contributed by atoms with Gasteiger partial charge in [-0.05, 0) is 23.2 Å². The third-order valence-electron chi connectivity index (χ3n) is 2.71. The molecule has 1 rings (SSSR count). The zero-order valence-electron chi connectivity index (χ0n) is 9.12. The highest BCUT2D eigenvalue weighted by Gasteiger charge is 2.17. The van der Waals surface area contributed by atoms with E-state index in [1.807, 2.05) is 0 Å². The molecule has 16 heavy (non-hydrogen) atoms. The standard InChI is InChI=1S/C10H16Cl2N2O2/c11-9(15)1-3-13-5-7-14(8-6-13)4-2-10(12)16/h1-8H2. The average Bonchev–Trinajstić information content (AvgIpc) is 2.25. The molecule has 0 radical (unpaired) electrons. The number of carbonyl (C=O) groups excluding carboxylic acids is 2. The molecule has 0 saturated carbocycles. The molecule has 0 bridgehead atoms. The van der Waals surface area contributed by atoms with Crippen LogP contribution in [0.4, 0.5) is 0 Å². The zero-order valence-corrected chi connectivity index (χ0v) is 10.6. The highest BCUT2D eigenvalue weighted by atomic mass is 35.5. The number of carbonyl (C=O) groups is 2. The lowest BCUT2D eigenvalue weighted by Crippen LogP contribution is -2.47. The number of nitrogens with zero attached hydrogens (tertiary/aromatic N) is 2. The molecule has 0 aliphatic carbocycles. The largest absolute Gasteiger partial charge is 0.300 e. The third-order valence-corrected chi connectivity index (χ3v) is 3.09. The van der Waals surface area contributed by atoms with Crippen molar-refractivity contribution < 1.29 is 9.59 Å². The Balaban J connectivity index is 2.13. The van der Waals surface area contributed by atoms with Crippen molar-refractivity contribution in [1.82, 2.24) is 9.80 Å². The van der Waals surface area contributed by atoms with E-state index in [1.165, 1.54) is 0 Å². The van der Waals surface area contributed by atoms with Gasteiger partial charge < -0.3 is 9.80 Å². The molecule has 92 valence electrons. The first-order valence-corrected chi connectivity index (χ1v) is 6.15. The Bertz CT molecular complexity index is 227. The van der Waals surface area contributed by atoms with E-state index in [1.54, 1.807) is 0 Å². The van der Waals surface area contributed by atoms with Gasteiger partial charge in [-0.25, -0.2) is 0 Å². The lowest BCUT2D eigenvalue weighted by atomic mass is 10.3. The monoisotopic (exact) mass is 266 g/mol. The van der Waals surface area contributed by atoms with Crippen LogP contribution < -0.4 is 0 Å². The van der Waals surface area contributed by atoms with Crippen LogP contribution >= 0.6 is 23.2 Å². The van der Waals surface area contributed by atoms with Crippen LogP contribution in [0.5, 0.6) is 0 Å². The molecule has 1 saturated heterocycles. The lowest BCUT2D eigenvalue weighted by Gasteiger charge is -2.34. The predicted molar refractivity (Wildman–Crippen MR) is 63.8 cm³/mol. The topological polar surface area (TPSA) is 40.6 Å². The van der Waals surface area contributed by atoms with E-state index in [0.717, 1.165) is 39.3 Å². The summed E-state index contributed by atoms with van der Waals surface area (Å²) in [5.74, 6) is 0. The van der Waals surface area contributed by atoms with E-state index in [0.29, 0.717) is 12.8 Å². The maximum absolute atomic E-state index is 10.6. The summed E-state index contributed by atoms with van der Waals surface area (Å²) in [7, 11) is 0. The van der Waals surface area contributed by atoms with Crippen LogP contribution in [-0.2, 0) is 9.59 Å². The van der Waals surface area contributed by atoms with Gasteiger partial charge in [-0.2, -0.15) is 0 Å². The molecule has 6 heteroatoms. The van der Waals surface area contributed by atoms with E-state index in [-0.39, 0.29) is 10.5 Å². The van der Waals surface area contributed by atoms with Gasteiger partial charge in [-0.3, -0.25) is 9.59 Å². The fraction of sp³-hybridized carbons (Fsp3) is 0.800. The Labute approximate surface area is 105 Å². The van der Waals surface area contributed by atoms with Gasteiger partial charge in [0.05, 0.1) is 0 Å². The quantitative estimate of drug-likeness (QED) is 0.671. The summed E-state index contributed by atoms with van der Waals surface area (Å²) in [4.78, 5) is 25.6. The fourth-order valence-electron chi connectivity index (χ4n) is 1.73. The molecule has 0 aromatic rings. The summed E-state index contributed by atoms with van der Waals surface area (Å²) in [6.07, 6.45) is 0.809. The van der Waals surface area contributed by atoms with Crippen LogP contribution in [-0.4, -0.2) is 59.6 Å². The van der Waals surface area contributed by atoms with E-state index < -0.39 is 0 Å². The van der Waals surface area contributed by atoms with Crippen molar-refractivity contribution in [1.29, 1.82) is 0 Å². The molecule has 1 aliphatic rings. The lowest BCUT2D eigenvalue weighted by molar-refractivity contribution is -0.113. The first-order chi connectivity index (χ1) is 7.58. The minimum atomic E-state index is -0.282. The second-order valence-electron chi connectivity index (χ2n) is 3.89. The number of rotatable bonds is 6. The molecule has 0 spiro atoms. The SMILES string of the molecule is O=C(Cl)CCN1CCN(CCC(=O)Cl)CC1. The van der Waals surface area contributed by atoms with Crippen molar-refractivity contribution in [2.24, 2.45) is 0 Å². The van der Waals surface area contributed by atoms with E-state index in [9.17, 15) is 9.59 Å². The highest BCUT2D eigenvalue weighted by Crippen LogP contribution is 2.04. The Hall–Kier alpha value is -0.160. The van der Waals surface area contributed by atoms with Gasteiger partial charge in [0.1, 0.15) is 0 Å². The van der Waals surface area contributed by atoms with Crippen LogP contribution in [0.1, 0.15) is 12.8 Å². The maximum Gasteiger partial charge on any atom is 0.222 e. The molecule has 0 unspecified atom stereocenters. The first kappa shape index (κ1) is 13.9. The van der Waals surface area contributed by atoms with Crippen molar-refractivity contribution in [2.75, 3.05) is 39.3 Å². The average molecular weight is 267 g/mol. The Kier molecular flexibility index (Phi) is 6.28. The van der Waals surface area contributed by atoms with E-state index in [4.69, 9.17) is 23.2 Å². The number of hydrogen-bond donors (Lipinski definition) is 0. The molecule has 4 nitrogen and oxygen atoms in total. The third kappa shape index (κ3) is 5.80. The van der Waals surface area contributed by atoms with Crippen LogP contribution in [0.3, 0.4) is 0 Å². The Morgan fingerprint density at radius 2 is 1.12 bits per heavy atom. The van der Waals surface area contributed by atoms with Gasteiger partial charge in [0, 0.05) is 52.1 Å². The zero-order chi connectivity index (χ0) is 12.0. The minimum Gasteiger partial charge on any atom is -0.300 e. The Morgan fingerprint density at radius 1 is 0.812 bits per heavy atom. The predicted octanol–water partition coefficient (Wildman–Crippen LogP) is 0.915. The molecule has 1 fully saturated rings. The Morgan fingerprint density at radius 3 is 1.38 bits per heavy atom. The van der Waals surface area contributed by atoms with Gasteiger partial charge in [-0.1, -0.05) is 0 Å². The maximum atomic E-state index is 10.6. The van der Waals surface area contributed by atoms with Gasteiger partial charge >= 0.3 is 0 Å². The van der Waals surface area contributed by atoms with E-state index >= 15 is 0 Å². The van der Waals surface area contributed by atoms with E-state index in [2.05, 4.69) is 9.80 Å². The number of halogens is 2. The molecular weight excluding hydrogens is 251 g/mol. The van der Waals surface area contributed by atoms with Crippen molar-refractivity contribution in [3.05, 3.63) is 0 Å². The molecule has 1 aliphatic heterocycles. The van der Waals surface area contributed by atoms with Crippen molar-refractivity contribution in [3.63, 3.8) is 0 Å². The molecule has 0 atom stereocenters. The van der Waals surface area contributed by atoms with Gasteiger partial charge in [-0.15, -0.1) is 0 Å². The number of hydrogen-bond acceptors (Lipinski definition) is 4. The van der Waals surface area contributed by atoms with Crippen molar-refractivity contribution in [3.8, 4) is 0 Å². The van der Waals surface area contributed by atoms with Crippen LogP contribution in [0, 0.1) is 0 Å². The smallest absolute Gasteiger partial charge is 0.222 e. The molecule has 0 N–H and O–H groups in total. The summed E-state index contributed by atoms with van der Waals surface area (Å²) in [5, 5.41) is -0.565. The molecule has 0 aromatic heterocycles. The summed E-state index contributed by atoms with van der Waals surface area (Å²) in [6, 6.07) is 0. The highest BCUT2D eigenvalue weighted by molar-refractivity contribution is 6.63. The fourth-order valence-corrected chi connectivity index (χ4v) is 1.90. The van der Waals surface area contributed by atoms with Crippen LogP contribution in [0.25, 0.3) is 0 Å².